The zero-order valence-corrected chi connectivity index (χ0v) is 9.52. The molecule has 1 heterocycles. The Balaban J connectivity index is 0.000000810. The number of piperidine rings is 1. The Morgan fingerprint density at radius 3 is 2.40 bits per heavy atom. The molecular formula is C6H10F2KN. The Morgan fingerprint density at radius 2 is 2.10 bits per heavy atom. The van der Waals surface area contributed by atoms with Gasteiger partial charge in [0, 0.05) is 6.54 Å². The summed E-state index contributed by atoms with van der Waals surface area (Å²) in [6, 6.07) is 0. The van der Waals surface area contributed by atoms with E-state index in [0.29, 0.717) is 6.42 Å². The quantitative estimate of drug-likeness (QED) is 0.307. The van der Waals surface area contributed by atoms with Crippen molar-refractivity contribution >= 4 is 0 Å². The summed E-state index contributed by atoms with van der Waals surface area (Å²) in [4.78, 5) is 1.64. The fraction of sp³-hybridized carbons (Fsp3) is 0.833. The molecule has 1 aliphatic heterocycles. The van der Waals surface area contributed by atoms with E-state index in [2.05, 4.69) is 0 Å². The summed E-state index contributed by atoms with van der Waals surface area (Å²) in [5.41, 5.74) is 0. The Labute approximate surface area is 103 Å². The normalized spacial score (nSPS) is 25.5. The minimum Gasteiger partial charge on any atom is -0.306 e. The summed E-state index contributed by atoms with van der Waals surface area (Å²) < 4.78 is 24.7. The number of halogens is 2. The van der Waals surface area contributed by atoms with Gasteiger partial charge in [0.25, 0.3) is 0 Å². The second-order valence-electron chi connectivity index (χ2n) is 2.49. The van der Waals surface area contributed by atoms with E-state index in [9.17, 15) is 8.78 Å². The first kappa shape index (κ1) is 11.5. The molecule has 0 atom stereocenters. The molecule has 0 aromatic carbocycles. The first-order valence-electron chi connectivity index (χ1n) is 3.01. The van der Waals surface area contributed by atoms with Gasteiger partial charge in [-0.2, -0.15) is 6.42 Å². The van der Waals surface area contributed by atoms with Crippen LogP contribution in [0.3, 0.4) is 0 Å². The van der Waals surface area contributed by atoms with Gasteiger partial charge in [0.05, 0.1) is 0 Å². The van der Waals surface area contributed by atoms with Crippen LogP contribution in [-0.2, 0) is 0 Å². The maximum absolute atomic E-state index is 12.4. The Bertz CT molecular complexity index is 108. The molecule has 0 bridgehead atoms. The van der Waals surface area contributed by atoms with Crippen LogP contribution >= 0.6 is 0 Å². The fourth-order valence-corrected chi connectivity index (χ4v) is 1.000. The van der Waals surface area contributed by atoms with E-state index in [1.54, 1.807) is 11.9 Å². The third-order valence-electron chi connectivity index (χ3n) is 1.43. The molecular weight excluding hydrogens is 163 g/mol. The molecule has 1 nitrogen and oxygen atoms in total. The smallest absolute Gasteiger partial charge is 0.306 e. The second-order valence-corrected chi connectivity index (χ2v) is 2.49. The summed E-state index contributed by atoms with van der Waals surface area (Å²) in [7, 11) is 1.71. The van der Waals surface area contributed by atoms with Crippen molar-refractivity contribution in [3.63, 3.8) is 0 Å². The molecule has 10 heavy (non-hydrogen) atoms. The molecule has 0 saturated carbocycles. The van der Waals surface area contributed by atoms with Crippen LogP contribution < -0.4 is 51.4 Å². The summed E-state index contributed by atoms with van der Waals surface area (Å²) in [6.07, 6.45) is 1.59. The number of rotatable bonds is 0. The van der Waals surface area contributed by atoms with Crippen molar-refractivity contribution in [1.82, 2.24) is 4.90 Å². The van der Waals surface area contributed by atoms with Crippen LogP contribution in [0.1, 0.15) is 6.42 Å². The van der Waals surface area contributed by atoms with E-state index in [1.807, 2.05) is 0 Å². The van der Waals surface area contributed by atoms with Crippen LogP contribution in [0.5, 0.6) is 0 Å². The van der Waals surface area contributed by atoms with E-state index in [0.717, 1.165) is 13.0 Å². The zero-order valence-electron chi connectivity index (χ0n) is 6.40. The van der Waals surface area contributed by atoms with Crippen molar-refractivity contribution in [3.05, 3.63) is 6.42 Å². The Morgan fingerprint density at radius 1 is 1.50 bits per heavy atom. The monoisotopic (exact) mass is 173 g/mol. The summed E-state index contributed by atoms with van der Waals surface area (Å²) in [6.45, 7) is 0.641. The van der Waals surface area contributed by atoms with Crippen molar-refractivity contribution in [2.45, 2.75) is 12.3 Å². The number of hydrogen-bond donors (Lipinski definition) is 0. The number of likely N-dealkylation sites (tertiary alicyclic amines) is 1. The third kappa shape index (κ3) is 3.73. The van der Waals surface area contributed by atoms with Crippen molar-refractivity contribution < 1.29 is 60.2 Å². The fourth-order valence-electron chi connectivity index (χ4n) is 1.000. The molecule has 54 valence electrons. The summed E-state index contributed by atoms with van der Waals surface area (Å²) >= 11 is 0. The predicted molar refractivity (Wildman–Crippen MR) is 31.4 cm³/mol. The molecule has 0 radical (unpaired) electrons. The van der Waals surface area contributed by atoms with Crippen LogP contribution in [0.4, 0.5) is 8.78 Å². The second kappa shape index (κ2) is 4.47. The molecule has 0 spiro atoms. The zero-order chi connectivity index (χ0) is 6.91. The van der Waals surface area contributed by atoms with E-state index in [4.69, 9.17) is 0 Å². The number of nitrogens with zero attached hydrogens (tertiary/aromatic N) is 1. The van der Waals surface area contributed by atoms with E-state index in [1.165, 1.54) is 0 Å². The molecule has 0 aliphatic carbocycles. The van der Waals surface area contributed by atoms with Crippen LogP contribution in [0.15, 0.2) is 0 Å². The minimum absolute atomic E-state index is 0. The molecule has 0 unspecified atom stereocenters. The molecule has 0 aromatic heterocycles. The molecule has 0 amide bonds. The van der Waals surface area contributed by atoms with Gasteiger partial charge in [0.2, 0.25) is 0 Å². The molecule has 0 aromatic rings. The standard InChI is InChI=1S/C6H10F2N.K/c1-9-4-2-3-6(7,8)5-9;/h3H,2,4-5H2,1H3;/q-1;+1. The van der Waals surface area contributed by atoms with E-state index in [-0.39, 0.29) is 57.9 Å². The minimum atomic E-state index is -2.55. The molecule has 1 aliphatic rings. The van der Waals surface area contributed by atoms with Gasteiger partial charge in [-0.3, -0.25) is 6.42 Å². The number of hydrogen-bond acceptors (Lipinski definition) is 1. The van der Waals surface area contributed by atoms with E-state index >= 15 is 0 Å². The van der Waals surface area contributed by atoms with Crippen LogP contribution in [0.25, 0.3) is 0 Å². The van der Waals surface area contributed by atoms with Crippen molar-refractivity contribution in [1.29, 1.82) is 0 Å². The van der Waals surface area contributed by atoms with Crippen LogP contribution in [0.2, 0.25) is 0 Å². The summed E-state index contributed by atoms with van der Waals surface area (Å²) in [5.74, 6) is -2.55. The topological polar surface area (TPSA) is 3.24 Å². The van der Waals surface area contributed by atoms with Gasteiger partial charge in [-0.1, -0.05) is 0 Å². The summed E-state index contributed by atoms with van der Waals surface area (Å²) in [5, 5.41) is 0. The van der Waals surface area contributed by atoms with Gasteiger partial charge in [-0.15, -0.1) is 0 Å². The molecule has 1 saturated heterocycles. The number of alkyl halides is 2. The first-order chi connectivity index (χ1) is 4.10. The van der Waals surface area contributed by atoms with Crippen LogP contribution in [-0.4, -0.2) is 31.0 Å². The largest absolute Gasteiger partial charge is 1.00 e. The van der Waals surface area contributed by atoms with E-state index < -0.39 is 5.92 Å². The predicted octanol–water partition coefficient (Wildman–Crippen LogP) is -1.83. The average molecular weight is 173 g/mol. The molecule has 0 N–H and O–H groups in total. The van der Waals surface area contributed by atoms with Crippen LogP contribution in [0, 0.1) is 6.42 Å². The maximum Gasteiger partial charge on any atom is 1.00 e. The van der Waals surface area contributed by atoms with Gasteiger partial charge in [-0.05, 0) is 13.6 Å². The van der Waals surface area contributed by atoms with Gasteiger partial charge in [0.15, 0.2) is 0 Å². The molecule has 1 fully saturated rings. The first-order valence-corrected chi connectivity index (χ1v) is 3.01. The van der Waals surface area contributed by atoms with Gasteiger partial charge in [-0.25, -0.2) is 8.78 Å². The van der Waals surface area contributed by atoms with Gasteiger partial charge >= 0.3 is 51.4 Å². The van der Waals surface area contributed by atoms with Crippen molar-refractivity contribution in [2.75, 3.05) is 20.1 Å². The van der Waals surface area contributed by atoms with Gasteiger partial charge in [0.1, 0.15) is 5.92 Å². The SMILES string of the molecule is CN1CC[CH-]C(F)(F)C1.[K+]. The van der Waals surface area contributed by atoms with Gasteiger partial charge < -0.3 is 4.90 Å². The maximum atomic E-state index is 12.4. The Hall–Kier alpha value is 1.46. The molecule has 4 heteroatoms. The van der Waals surface area contributed by atoms with Crippen molar-refractivity contribution in [3.8, 4) is 0 Å². The molecule has 1 rings (SSSR count). The Kier molecular flexibility index (Phi) is 5.13. The average Bonchev–Trinajstić information content (AvgIpc) is 1.60. The third-order valence-corrected chi connectivity index (χ3v) is 1.43. The van der Waals surface area contributed by atoms with Crippen molar-refractivity contribution in [2.24, 2.45) is 0 Å².